The molecule has 2 N–H and O–H groups in total. The second kappa shape index (κ2) is 17.0. The van der Waals surface area contributed by atoms with E-state index in [1.54, 1.807) is 37.4 Å². The number of thioether (sulfide) groups is 1. The zero-order valence-electron chi connectivity index (χ0n) is 26.2. The first-order valence-electron chi connectivity index (χ1n) is 15.0. The average Bonchev–Trinajstić information content (AvgIpc) is 3.09. The summed E-state index contributed by atoms with van der Waals surface area (Å²) in [7, 11) is 1.55. The highest BCUT2D eigenvalue weighted by atomic mass is 35.5. The highest BCUT2D eigenvalue weighted by Gasteiger charge is 2.35. The molecule has 0 radical (unpaired) electrons. The molecule has 1 aromatic heterocycles. The lowest BCUT2D eigenvalue weighted by molar-refractivity contribution is -0.267. The molecular formula is C35H34ClF2N3O6S. The van der Waals surface area contributed by atoms with Crippen molar-refractivity contribution in [2.75, 3.05) is 20.3 Å². The van der Waals surface area contributed by atoms with Gasteiger partial charge in [-0.25, -0.2) is 13.8 Å². The third kappa shape index (κ3) is 9.21. The topological polar surface area (TPSA) is 118 Å². The van der Waals surface area contributed by atoms with Gasteiger partial charge in [0.25, 0.3) is 0 Å². The maximum Gasteiger partial charge on any atom is 0.191 e. The molecule has 0 saturated carbocycles. The van der Waals surface area contributed by atoms with Crippen molar-refractivity contribution >= 4 is 23.4 Å². The molecule has 252 valence electrons. The molecule has 1 aliphatic rings. The summed E-state index contributed by atoms with van der Waals surface area (Å²) >= 11 is 7.35. The summed E-state index contributed by atoms with van der Waals surface area (Å²) in [4.78, 5) is 4.56. The Balaban J connectivity index is 1.29. The monoisotopic (exact) mass is 697 g/mol. The second-order valence-corrected chi connectivity index (χ2v) is 12.4. The SMILES string of the molecule is COc1ccc(COc2c(F)cc(CO[C@@H](CN)C(OC3COC(c4ccccc4)O[C@@H]3C)Sc3cc(Cl)cnc3C#N)cc2F)cc1. The Kier molecular flexibility index (Phi) is 12.6. The molecule has 5 atom stereocenters. The third-order valence-corrected chi connectivity index (χ3v) is 8.84. The summed E-state index contributed by atoms with van der Waals surface area (Å²) < 4.78 is 65.4. The van der Waals surface area contributed by atoms with Crippen molar-refractivity contribution in [2.45, 2.75) is 55.1 Å². The minimum absolute atomic E-state index is 0.0307. The minimum Gasteiger partial charge on any atom is -0.497 e. The fourth-order valence-electron chi connectivity index (χ4n) is 4.83. The van der Waals surface area contributed by atoms with Crippen molar-refractivity contribution < 1.29 is 37.2 Å². The molecular weight excluding hydrogens is 664 g/mol. The van der Waals surface area contributed by atoms with Gasteiger partial charge in [-0.15, -0.1) is 0 Å². The number of pyridine rings is 1. The number of ether oxygens (including phenoxy) is 6. The van der Waals surface area contributed by atoms with Crippen LogP contribution < -0.4 is 15.2 Å². The molecule has 0 bridgehead atoms. The maximum absolute atomic E-state index is 15.0. The van der Waals surface area contributed by atoms with Crippen molar-refractivity contribution in [3.8, 4) is 17.6 Å². The van der Waals surface area contributed by atoms with Crippen LogP contribution >= 0.6 is 23.4 Å². The van der Waals surface area contributed by atoms with Crippen LogP contribution in [0.15, 0.2) is 83.9 Å². The van der Waals surface area contributed by atoms with E-state index in [4.69, 9.17) is 45.8 Å². The summed E-state index contributed by atoms with van der Waals surface area (Å²) in [6, 6.07) is 22.4. The number of nitriles is 1. The lowest BCUT2D eigenvalue weighted by Gasteiger charge is -2.38. The Bertz CT molecular complexity index is 1680. The van der Waals surface area contributed by atoms with Crippen LogP contribution in [0.25, 0.3) is 0 Å². The Morgan fingerprint density at radius 1 is 1.06 bits per heavy atom. The van der Waals surface area contributed by atoms with Gasteiger partial charge < -0.3 is 34.2 Å². The number of hydrogen-bond donors (Lipinski definition) is 1. The fraction of sp³-hybridized carbons (Fsp3) is 0.314. The first-order chi connectivity index (χ1) is 23.3. The summed E-state index contributed by atoms with van der Waals surface area (Å²) in [5.41, 5.74) is 7.28. The van der Waals surface area contributed by atoms with E-state index in [9.17, 15) is 5.26 Å². The molecule has 0 spiro atoms. The van der Waals surface area contributed by atoms with Gasteiger partial charge in [-0.3, -0.25) is 0 Å². The maximum atomic E-state index is 15.0. The Morgan fingerprint density at radius 3 is 2.44 bits per heavy atom. The molecule has 48 heavy (non-hydrogen) atoms. The summed E-state index contributed by atoms with van der Waals surface area (Å²) in [5, 5.41) is 10.0. The summed E-state index contributed by atoms with van der Waals surface area (Å²) in [5.74, 6) is -1.60. The molecule has 1 saturated heterocycles. The highest BCUT2D eigenvalue weighted by molar-refractivity contribution is 7.99. The molecule has 4 aromatic rings. The molecule has 1 fully saturated rings. The van der Waals surface area contributed by atoms with Gasteiger partial charge >= 0.3 is 0 Å². The fourth-order valence-corrected chi connectivity index (χ4v) is 6.25. The summed E-state index contributed by atoms with van der Waals surface area (Å²) in [6.45, 7) is 1.80. The van der Waals surface area contributed by atoms with Crippen LogP contribution in [-0.4, -0.2) is 49.0 Å². The Morgan fingerprint density at radius 2 is 1.79 bits per heavy atom. The zero-order valence-corrected chi connectivity index (χ0v) is 27.8. The van der Waals surface area contributed by atoms with Crippen molar-refractivity contribution in [2.24, 2.45) is 5.73 Å². The largest absolute Gasteiger partial charge is 0.497 e. The average molecular weight is 698 g/mol. The number of halogens is 3. The van der Waals surface area contributed by atoms with Gasteiger partial charge in [0.15, 0.2) is 29.4 Å². The van der Waals surface area contributed by atoms with Crippen LogP contribution in [0.4, 0.5) is 8.78 Å². The first-order valence-corrected chi connectivity index (χ1v) is 16.3. The molecule has 3 unspecified atom stereocenters. The van der Waals surface area contributed by atoms with E-state index >= 15 is 8.78 Å². The normalized spacial score (nSPS) is 18.9. The Labute approximate surface area is 286 Å². The predicted octanol–water partition coefficient (Wildman–Crippen LogP) is 6.95. The van der Waals surface area contributed by atoms with E-state index in [1.165, 1.54) is 6.20 Å². The van der Waals surface area contributed by atoms with E-state index < -0.39 is 47.4 Å². The quantitative estimate of drug-likeness (QED) is 0.110. The Hall–Kier alpha value is -3.80. The number of nitrogens with zero attached hydrogens (tertiary/aromatic N) is 2. The molecule has 5 rings (SSSR count). The molecule has 0 amide bonds. The number of hydrogen-bond acceptors (Lipinski definition) is 10. The van der Waals surface area contributed by atoms with Crippen molar-refractivity contribution in [1.29, 1.82) is 5.26 Å². The zero-order chi connectivity index (χ0) is 34.0. The number of nitrogens with two attached hydrogens (primary N) is 1. The van der Waals surface area contributed by atoms with E-state index in [0.29, 0.717) is 21.2 Å². The van der Waals surface area contributed by atoms with Gasteiger partial charge in [0, 0.05) is 23.2 Å². The van der Waals surface area contributed by atoms with E-state index in [1.807, 2.05) is 37.3 Å². The van der Waals surface area contributed by atoms with E-state index in [0.717, 1.165) is 29.5 Å². The lowest BCUT2D eigenvalue weighted by Crippen LogP contribution is -2.46. The molecule has 13 heteroatoms. The van der Waals surface area contributed by atoms with Crippen molar-refractivity contribution in [3.63, 3.8) is 0 Å². The first kappa shape index (κ1) is 35.5. The van der Waals surface area contributed by atoms with Crippen LogP contribution in [0.1, 0.15) is 35.6 Å². The lowest BCUT2D eigenvalue weighted by atomic mass is 10.1. The standard InChI is InChI=1S/C35H34ClF2N3O6S/c1-21-31(20-45-34(46-21)24-6-4-3-5-7-24)47-35(48-32-14-25(36)17-41-29(32)15-39)30(16-40)43-19-23-12-27(37)33(28(38)13-23)44-18-22-8-10-26(42-2)11-9-22/h3-14,17,21,30-31,34-35H,16,18-20,40H2,1-2H3/t21-,30+,31?,34?,35?/m1/s1. The van der Waals surface area contributed by atoms with Crippen LogP contribution in [0, 0.1) is 23.0 Å². The van der Waals surface area contributed by atoms with Crippen LogP contribution in [0.3, 0.4) is 0 Å². The predicted molar refractivity (Wildman–Crippen MR) is 175 cm³/mol. The molecule has 3 aromatic carbocycles. The van der Waals surface area contributed by atoms with Gasteiger partial charge in [-0.1, -0.05) is 65.8 Å². The molecule has 0 aliphatic carbocycles. The van der Waals surface area contributed by atoms with Crippen molar-refractivity contribution in [1.82, 2.24) is 4.98 Å². The van der Waals surface area contributed by atoms with Gasteiger partial charge in [0.1, 0.15) is 36.1 Å². The molecule has 2 heterocycles. The van der Waals surface area contributed by atoms with Gasteiger partial charge in [0.2, 0.25) is 0 Å². The number of benzene rings is 3. The summed E-state index contributed by atoms with van der Waals surface area (Å²) in [6.07, 6.45) is -0.943. The minimum atomic E-state index is -0.879. The number of rotatable bonds is 14. The second-order valence-electron chi connectivity index (χ2n) is 10.8. The van der Waals surface area contributed by atoms with Crippen LogP contribution in [-0.2, 0) is 32.2 Å². The molecule has 1 aliphatic heterocycles. The van der Waals surface area contributed by atoms with Gasteiger partial charge in [-0.05, 0) is 48.4 Å². The third-order valence-electron chi connectivity index (χ3n) is 7.42. The number of methoxy groups -OCH3 is 1. The smallest absolute Gasteiger partial charge is 0.191 e. The number of aromatic nitrogens is 1. The molecule has 9 nitrogen and oxygen atoms in total. The van der Waals surface area contributed by atoms with E-state index in [2.05, 4.69) is 11.1 Å². The van der Waals surface area contributed by atoms with Gasteiger partial charge in [0.05, 0.1) is 31.5 Å². The van der Waals surface area contributed by atoms with E-state index in [-0.39, 0.29) is 37.6 Å². The van der Waals surface area contributed by atoms with Crippen molar-refractivity contribution in [3.05, 3.63) is 118 Å². The van der Waals surface area contributed by atoms with Crippen LogP contribution in [0.2, 0.25) is 5.02 Å². The highest BCUT2D eigenvalue weighted by Crippen LogP contribution is 2.35. The van der Waals surface area contributed by atoms with Gasteiger partial charge in [-0.2, -0.15) is 5.26 Å². The van der Waals surface area contributed by atoms with Crippen LogP contribution in [0.5, 0.6) is 11.5 Å².